The molecular weight excluding hydrogens is 190 g/mol. The monoisotopic (exact) mass is 202 g/mol. The Morgan fingerprint density at radius 1 is 1.21 bits per heavy atom. The minimum Gasteiger partial charge on any atom is -0.478 e. The average Bonchev–Trinajstić information content (AvgIpc) is 2.16. The van der Waals surface area contributed by atoms with Gasteiger partial charge in [-0.2, -0.15) is 0 Å². The van der Waals surface area contributed by atoms with Gasteiger partial charge in [-0.15, -0.1) is 0 Å². The van der Waals surface area contributed by atoms with Crippen LogP contribution in [0.15, 0.2) is 12.1 Å². The quantitative estimate of drug-likeness (QED) is 0.760. The molecule has 1 rings (SSSR count). The maximum absolute atomic E-state index is 12.7. The lowest BCUT2D eigenvalue weighted by atomic mass is 10.1. The number of hydrogen-bond acceptors (Lipinski definition) is 1. The van der Waals surface area contributed by atoms with Crippen molar-refractivity contribution in [1.82, 2.24) is 0 Å². The summed E-state index contributed by atoms with van der Waals surface area (Å²) in [5.41, 5.74) is -0.546. The molecule has 0 unspecified atom stereocenters. The molecular formula is C10H12F2O2. The van der Waals surface area contributed by atoms with E-state index < -0.39 is 17.6 Å². The predicted octanol–water partition coefficient (Wildman–Crippen LogP) is 3.00. The number of aromatic carboxylic acids is 1. The van der Waals surface area contributed by atoms with Crippen molar-refractivity contribution < 1.29 is 18.7 Å². The number of carbonyl (C=O) groups is 1. The molecule has 0 amide bonds. The molecule has 0 saturated carbocycles. The van der Waals surface area contributed by atoms with E-state index in [4.69, 9.17) is 5.11 Å². The summed E-state index contributed by atoms with van der Waals surface area (Å²) in [6, 6.07) is 1.58. The van der Waals surface area contributed by atoms with Crippen LogP contribution in [0.1, 0.15) is 29.8 Å². The molecule has 0 aliphatic rings. The van der Waals surface area contributed by atoms with Crippen LogP contribution in [0.4, 0.5) is 8.78 Å². The number of hydrogen-bond donors (Lipinski definition) is 1. The van der Waals surface area contributed by atoms with E-state index in [0.717, 1.165) is 12.1 Å². The van der Waals surface area contributed by atoms with Crippen LogP contribution in [0, 0.1) is 18.6 Å². The number of carboxylic acid groups (broad SMARTS) is 1. The predicted molar refractivity (Wildman–Crippen MR) is 49.4 cm³/mol. The fraction of sp³-hybridized carbons (Fsp3) is 0.300. The summed E-state index contributed by atoms with van der Waals surface area (Å²) in [6.45, 7) is 5.25. The molecule has 1 aromatic rings. The molecule has 0 bridgehead atoms. The van der Waals surface area contributed by atoms with Gasteiger partial charge in [-0.25, -0.2) is 13.6 Å². The third-order valence-electron chi connectivity index (χ3n) is 1.53. The lowest BCUT2D eigenvalue weighted by Crippen LogP contribution is -2.00. The van der Waals surface area contributed by atoms with E-state index in [1.54, 1.807) is 0 Å². The molecule has 1 N–H and O–H groups in total. The van der Waals surface area contributed by atoms with Gasteiger partial charge < -0.3 is 5.11 Å². The van der Waals surface area contributed by atoms with Gasteiger partial charge in [-0.05, 0) is 19.1 Å². The van der Waals surface area contributed by atoms with Crippen LogP contribution in [-0.4, -0.2) is 11.1 Å². The highest BCUT2D eigenvalue weighted by molar-refractivity contribution is 5.87. The topological polar surface area (TPSA) is 37.3 Å². The molecule has 0 aromatic heterocycles. The van der Waals surface area contributed by atoms with E-state index in [2.05, 4.69) is 0 Å². The van der Waals surface area contributed by atoms with Crippen molar-refractivity contribution in [2.45, 2.75) is 20.8 Å². The minimum absolute atomic E-state index is 0.167. The molecule has 0 aliphatic heterocycles. The third-order valence-corrected chi connectivity index (χ3v) is 1.53. The Labute approximate surface area is 81.2 Å². The van der Waals surface area contributed by atoms with Crippen molar-refractivity contribution in [1.29, 1.82) is 0 Å². The van der Waals surface area contributed by atoms with E-state index in [1.807, 2.05) is 13.8 Å². The summed E-state index contributed by atoms with van der Waals surface area (Å²) >= 11 is 0. The molecule has 2 nitrogen and oxygen atoms in total. The SMILES string of the molecule is CC.Cc1c(F)cc(C(=O)O)cc1F. The van der Waals surface area contributed by atoms with Gasteiger partial charge >= 0.3 is 5.97 Å². The third kappa shape index (κ3) is 2.80. The van der Waals surface area contributed by atoms with E-state index in [9.17, 15) is 13.6 Å². The van der Waals surface area contributed by atoms with Gasteiger partial charge in [0.1, 0.15) is 11.6 Å². The highest BCUT2D eigenvalue weighted by Crippen LogP contribution is 2.13. The van der Waals surface area contributed by atoms with Gasteiger partial charge in [0.05, 0.1) is 5.56 Å². The van der Waals surface area contributed by atoms with Crippen molar-refractivity contribution in [3.8, 4) is 0 Å². The van der Waals surface area contributed by atoms with Crippen LogP contribution in [-0.2, 0) is 0 Å². The molecule has 0 radical (unpaired) electrons. The van der Waals surface area contributed by atoms with Gasteiger partial charge in [0.2, 0.25) is 0 Å². The summed E-state index contributed by atoms with van der Waals surface area (Å²) < 4.78 is 25.4. The first-order valence-electron chi connectivity index (χ1n) is 4.21. The Bertz CT molecular complexity index is 312. The second-order valence-corrected chi connectivity index (χ2v) is 2.37. The van der Waals surface area contributed by atoms with Crippen molar-refractivity contribution in [2.75, 3.05) is 0 Å². The Balaban J connectivity index is 0.000000791. The van der Waals surface area contributed by atoms with Crippen LogP contribution >= 0.6 is 0 Å². The number of carboxylic acids is 1. The van der Waals surface area contributed by atoms with E-state index in [1.165, 1.54) is 6.92 Å². The first-order chi connectivity index (χ1) is 6.52. The van der Waals surface area contributed by atoms with Crippen LogP contribution in [0.2, 0.25) is 0 Å². The molecule has 0 atom stereocenters. The van der Waals surface area contributed by atoms with E-state index in [0.29, 0.717) is 0 Å². The maximum Gasteiger partial charge on any atom is 0.335 e. The number of benzene rings is 1. The first-order valence-corrected chi connectivity index (χ1v) is 4.21. The first kappa shape index (κ1) is 12.6. The van der Waals surface area contributed by atoms with Crippen LogP contribution in [0.3, 0.4) is 0 Å². The molecule has 14 heavy (non-hydrogen) atoms. The summed E-state index contributed by atoms with van der Waals surface area (Å²) in [5.74, 6) is -3.02. The normalized spacial score (nSPS) is 8.93. The summed E-state index contributed by atoms with van der Waals surface area (Å²) in [7, 11) is 0. The molecule has 0 heterocycles. The second kappa shape index (κ2) is 5.32. The zero-order valence-corrected chi connectivity index (χ0v) is 8.27. The molecule has 0 fully saturated rings. The van der Waals surface area contributed by atoms with Crippen molar-refractivity contribution in [3.05, 3.63) is 34.9 Å². The molecule has 4 heteroatoms. The molecule has 0 saturated heterocycles. The Kier molecular flexibility index (Phi) is 4.77. The van der Waals surface area contributed by atoms with Crippen LogP contribution in [0.25, 0.3) is 0 Å². The van der Waals surface area contributed by atoms with Crippen LogP contribution in [0.5, 0.6) is 0 Å². The van der Waals surface area contributed by atoms with Crippen molar-refractivity contribution in [3.63, 3.8) is 0 Å². The molecule has 78 valence electrons. The van der Waals surface area contributed by atoms with Crippen molar-refractivity contribution >= 4 is 5.97 Å². The summed E-state index contributed by atoms with van der Waals surface area (Å²) in [6.07, 6.45) is 0. The highest BCUT2D eigenvalue weighted by atomic mass is 19.1. The Morgan fingerprint density at radius 3 is 1.86 bits per heavy atom. The van der Waals surface area contributed by atoms with E-state index in [-0.39, 0.29) is 11.1 Å². The smallest absolute Gasteiger partial charge is 0.335 e. The highest BCUT2D eigenvalue weighted by Gasteiger charge is 2.10. The minimum atomic E-state index is -1.34. The lowest BCUT2D eigenvalue weighted by molar-refractivity contribution is 0.0695. The van der Waals surface area contributed by atoms with Gasteiger partial charge in [0.25, 0.3) is 0 Å². The van der Waals surface area contributed by atoms with E-state index >= 15 is 0 Å². The summed E-state index contributed by atoms with van der Waals surface area (Å²) in [5, 5.41) is 8.39. The van der Waals surface area contributed by atoms with Crippen molar-refractivity contribution in [2.24, 2.45) is 0 Å². The molecule has 0 spiro atoms. The zero-order valence-electron chi connectivity index (χ0n) is 8.27. The molecule has 0 aliphatic carbocycles. The fourth-order valence-corrected chi connectivity index (χ4v) is 0.769. The largest absolute Gasteiger partial charge is 0.478 e. The lowest BCUT2D eigenvalue weighted by Gasteiger charge is -1.99. The standard InChI is InChI=1S/C8H6F2O2.C2H6/c1-4-6(9)2-5(8(11)12)3-7(4)10;1-2/h2-3H,1H3,(H,11,12);1-2H3. The van der Waals surface area contributed by atoms with Gasteiger partial charge in [-0.1, -0.05) is 13.8 Å². The fourth-order valence-electron chi connectivity index (χ4n) is 0.769. The van der Waals surface area contributed by atoms with Gasteiger partial charge in [0.15, 0.2) is 0 Å². The summed E-state index contributed by atoms with van der Waals surface area (Å²) in [4.78, 5) is 10.3. The average molecular weight is 202 g/mol. The van der Waals surface area contributed by atoms with Crippen LogP contribution < -0.4 is 0 Å². The second-order valence-electron chi connectivity index (χ2n) is 2.37. The van der Waals surface area contributed by atoms with Gasteiger partial charge in [-0.3, -0.25) is 0 Å². The zero-order chi connectivity index (χ0) is 11.3. The number of rotatable bonds is 1. The maximum atomic E-state index is 12.7. The molecule has 1 aromatic carbocycles. The van der Waals surface area contributed by atoms with Gasteiger partial charge in [0, 0.05) is 5.56 Å². The Morgan fingerprint density at radius 2 is 1.57 bits per heavy atom. The number of halogens is 2. The Hall–Kier alpha value is -1.45.